The Hall–Kier alpha value is -2.13. The van der Waals surface area contributed by atoms with Crippen molar-refractivity contribution in [2.24, 2.45) is 0 Å². The fourth-order valence-corrected chi connectivity index (χ4v) is 4.78. The average molecular weight is 328 g/mol. The molecule has 0 spiro atoms. The van der Waals surface area contributed by atoms with Crippen molar-refractivity contribution in [3.05, 3.63) is 23.8 Å². The second kappa shape index (κ2) is 5.58. The molecule has 9 heteroatoms. The molecular weight excluding hydrogens is 312 g/mol. The number of carboxylic acids is 1. The number of fused-ring (bicyclic) bond motifs is 1. The van der Waals surface area contributed by atoms with Crippen LogP contribution >= 0.6 is 0 Å². The molecule has 1 aliphatic rings. The van der Waals surface area contributed by atoms with Crippen molar-refractivity contribution in [1.29, 1.82) is 0 Å². The number of carboxylic acid groups (broad SMARTS) is 1. The topological polar surface area (TPSA) is 124 Å². The maximum atomic E-state index is 12.6. The molecular formula is C13H16N2O6S. The number of nitrogens with one attached hydrogen (secondary N) is 1. The summed E-state index contributed by atoms with van der Waals surface area (Å²) in [4.78, 5) is 24.4. The number of hydrogen-bond acceptors (Lipinski definition) is 6. The van der Waals surface area contributed by atoms with Gasteiger partial charge in [0.15, 0.2) is 15.1 Å². The van der Waals surface area contributed by atoms with E-state index in [0.29, 0.717) is 6.54 Å². The Labute approximate surface area is 127 Å². The molecule has 1 heterocycles. The quantitative estimate of drug-likeness (QED) is 0.537. The predicted molar refractivity (Wildman–Crippen MR) is 76.8 cm³/mol. The van der Waals surface area contributed by atoms with Gasteiger partial charge in [-0.05, 0) is 32.0 Å². The van der Waals surface area contributed by atoms with Crippen LogP contribution < -0.4 is 10.4 Å². The lowest BCUT2D eigenvalue weighted by Gasteiger charge is -2.40. The summed E-state index contributed by atoms with van der Waals surface area (Å²) in [6, 6.07) is 2.89. The molecule has 2 unspecified atom stereocenters. The van der Waals surface area contributed by atoms with Crippen LogP contribution in [0.1, 0.15) is 24.2 Å². The summed E-state index contributed by atoms with van der Waals surface area (Å²) >= 11 is 0. The number of sulfone groups is 1. The smallest absolute Gasteiger partial charge is 0.335 e. The van der Waals surface area contributed by atoms with Crippen LogP contribution in [-0.2, 0) is 14.6 Å². The minimum atomic E-state index is -4.04. The Bertz CT molecular complexity index is 730. The molecule has 0 saturated heterocycles. The van der Waals surface area contributed by atoms with Gasteiger partial charge >= 0.3 is 5.97 Å². The van der Waals surface area contributed by atoms with Gasteiger partial charge in [0, 0.05) is 6.54 Å². The third-order valence-electron chi connectivity index (χ3n) is 3.80. The Morgan fingerprint density at radius 1 is 1.36 bits per heavy atom. The molecule has 2 atom stereocenters. The highest BCUT2D eigenvalue weighted by Gasteiger charge is 2.46. The zero-order valence-corrected chi connectivity index (χ0v) is 12.8. The Morgan fingerprint density at radius 3 is 2.50 bits per heavy atom. The standard InChI is InChI=1S/C13H16N2O6S/c1-3-15-7(2)11(12(16)14-19)22(20,21)10-5-4-8(13(17)18)6-9(10)15/h4-7,11,19H,3H2,1-2H3,(H,14,16)(H,17,18). The molecule has 3 N–H and O–H groups in total. The first-order valence-corrected chi connectivity index (χ1v) is 8.12. The van der Waals surface area contributed by atoms with E-state index >= 15 is 0 Å². The molecule has 120 valence electrons. The number of hydrogen-bond donors (Lipinski definition) is 3. The molecule has 0 bridgehead atoms. The Kier molecular flexibility index (Phi) is 4.12. The number of hydroxylamine groups is 1. The third-order valence-corrected chi connectivity index (χ3v) is 6.03. The van der Waals surface area contributed by atoms with Crippen LogP contribution in [0.4, 0.5) is 5.69 Å². The van der Waals surface area contributed by atoms with Crippen molar-refractivity contribution in [2.75, 3.05) is 11.4 Å². The van der Waals surface area contributed by atoms with Gasteiger partial charge in [-0.1, -0.05) is 0 Å². The molecule has 0 fully saturated rings. The van der Waals surface area contributed by atoms with Gasteiger partial charge in [0.25, 0.3) is 5.91 Å². The fraction of sp³-hybridized carbons (Fsp3) is 0.385. The number of rotatable bonds is 3. The van der Waals surface area contributed by atoms with Crippen LogP contribution in [0.15, 0.2) is 23.1 Å². The third kappa shape index (κ3) is 2.32. The Balaban J connectivity index is 2.72. The zero-order chi connectivity index (χ0) is 16.7. The summed E-state index contributed by atoms with van der Waals surface area (Å²) in [6.07, 6.45) is 0. The molecule has 22 heavy (non-hydrogen) atoms. The molecule has 1 amide bonds. The predicted octanol–water partition coefficient (Wildman–Crippen LogP) is 0.261. The van der Waals surface area contributed by atoms with E-state index in [9.17, 15) is 18.0 Å². The summed E-state index contributed by atoms with van der Waals surface area (Å²) in [7, 11) is -4.04. The van der Waals surface area contributed by atoms with Crippen LogP contribution in [0.3, 0.4) is 0 Å². The lowest BCUT2D eigenvalue weighted by Crippen LogP contribution is -2.55. The van der Waals surface area contributed by atoms with Crippen LogP contribution in [0.2, 0.25) is 0 Å². The van der Waals surface area contributed by atoms with E-state index in [1.807, 2.05) is 0 Å². The highest BCUT2D eigenvalue weighted by molar-refractivity contribution is 7.93. The normalized spacial score (nSPS) is 22.8. The monoisotopic (exact) mass is 328 g/mol. The van der Waals surface area contributed by atoms with Gasteiger partial charge in [-0.2, -0.15) is 0 Å². The minimum Gasteiger partial charge on any atom is -0.478 e. The largest absolute Gasteiger partial charge is 0.478 e. The molecule has 0 aromatic heterocycles. The summed E-state index contributed by atoms with van der Waals surface area (Å²) < 4.78 is 25.2. The van der Waals surface area contributed by atoms with Crippen LogP contribution in [-0.4, -0.2) is 48.4 Å². The SMILES string of the molecule is CCN1c2cc(C(=O)O)ccc2S(=O)(=O)C(C(=O)NO)C1C. The van der Waals surface area contributed by atoms with Crippen molar-refractivity contribution in [1.82, 2.24) is 5.48 Å². The van der Waals surface area contributed by atoms with Crippen molar-refractivity contribution in [2.45, 2.75) is 30.0 Å². The molecule has 2 rings (SSSR count). The van der Waals surface area contributed by atoms with Gasteiger partial charge in [-0.15, -0.1) is 0 Å². The van der Waals surface area contributed by atoms with Crippen molar-refractivity contribution < 1.29 is 28.3 Å². The lowest BCUT2D eigenvalue weighted by molar-refractivity contribution is -0.129. The summed E-state index contributed by atoms with van der Waals surface area (Å²) in [5, 5.41) is 16.4. The molecule has 0 aliphatic carbocycles. The number of amides is 1. The first kappa shape index (κ1) is 16.2. The zero-order valence-electron chi connectivity index (χ0n) is 12.0. The van der Waals surface area contributed by atoms with Crippen molar-refractivity contribution >= 4 is 27.4 Å². The molecule has 0 saturated carbocycles. The summed E-state index contributed by atoms with van der Waals surface area (Å²) in [5.74, 6) is -2.18. The number of nitrogens with zero attached hydrogens (tertiary/aromatic N) is 1. The molecule has 0 radical (unpaired) electrons. The van der Waals surface area contributed by atoms with Crippen LogP contribution in [0.25, 0.3) is 0 Å². The molecule has 1 aromatic carbocycles. The average Bonchev–Trinajstić information content (AvgIpc) is 2.46. The van der Waals surface area contributed by atoms with E-state index in [4.69, 9.17) is 10.3 Å². The first-order valence-electron chi connectivity index (χ1n) is 6.57. The van der Waals surface area contributed by atoms with Gasteiger partial charge in [-0.25, -0.2) is 18.7 Å². The number of carbonyl (C=O) groups is 2. The van der Waals surface area contributed by atoms with E-state index in [2.05, 4.69) is 0 Å². The second-order valence-corrected chi connectivity index (χ2v) is 6.99. The highest BCUT2D eigenvalue weighted by atomic mass is 32.2. The van der Waals surface area contributed by atoms with Crippen LogP contribution in [0, 0.1) is 0 Å². The van der Waals surface area contributed by atoms with E-state index in [0.717, 1.165) is 0 Å². The number of carbonyl (C=O) groups excluding carboxylic acids is 1. The molecule has 1 aliphatic heterocycles. The maximum Gasteiger partial charge on any atom is 0.335 e. The summed E-state index contributed by atoms with van der Waals surface area (Å²) in [5.41, 5.74) is 1.60. The highest BCUT2D eigenvalue weighted by Crippen LogP contribution is 2.37. The molecule has 8 nitrogen and oxygen atoms in total. The lowest BCUT2D eigenvalue weighted by atomic mass is 10.1. The van der Waals surface area contributed by atoms with Crippen LogP contribution in [0.5, 0.6) is 0 Å². The van der Waals surface area contributed by atoms with Gasteiger partial charge in [0.2, 0.25) is 0 Å². The first-order chi connectivity index (χ1) is 10.3. The van der Waals surface area contributed by atoms with Crippen molar-refractivity contribution in [3.63, 3.8) is 0 Å². The number of benzene rings is 1. The van der Waals surface area contributed by atoms with Gasteiger partial charge in [0.1, 0.15) is 0 Å². The second-order valence-electron chi connectivity index (χ2n) is 4.96. The van der Waals surface area contributed by atoms with Gasteiger partial charge in [0.05, 0.1) is 22.2 Å². The van der Waals surface area contributed by atoms with E-state index in [1.165, 1.54) is 30.6 Å². The van der Waals surface area contributed by atoms with Gasteiger partial charge in [-0.3, -0.25) is 10.0 Å². The van der Waals surface area contributed by atoms with E-state index in [1.54, 1.807) is 11.8 Å². The molecule has 1 aromatic rings. The number of anilines is 1. The number of aromatic carboxylic acids is 1. The minimum absolute atomic E-state index is 0.0374. The van der Waals surface area contributed by atoms with Crippen molar-refractivity contribution in [3.8, 4) is 0 Å². The van der Waals surface area contributed by atoms with E-state index in [-0.39, 0.29) is 16.1 Å². The fourth-order valence-electron chi connectivity index (χ4n) is 2.78. The summed E-state index contributed by atoms with van der Waals surface area (Å²) in [6.45, 7) is 3.68. The van der Waals surface area contributed by atoms with E-state index < -0.39 is 33.0 Å². The Morgan fingerprint density at radius 2 is 2.00 bits per heavy atom. The maximum absolute atomic E-state index is 12.6. The van der Waals surface area contributed by atoms with Gasteiger partial charge < -0.3 is 10.0 Å².